The molecule has 1 aliphatic rings. The summed E-state index contributed by atoms with van der Waals surface area (Å²) in [5.41, 5.74) is 0.678. The highest BCUT2D eigenvalue weighted by molar-refractivity contribution is 7.41. The molecule has 270 valence electrons. The van der Waals surface area contributed by atoms with Crippen molar-refractivity contribution in [2.24, 2.45) is 0 Å². The Labute approximate surface area is 298 Å². The van der Waals surface area contributed by atoms with Crippen molar-refractivity contribution in [3.05, 3.63) is 128 Å². The van der Waals surface area contributed by atoms with Crippen LogP contribution in [0.2, 0.25) is 0 Å². The predicted molar refractivity (Wildman–Crippen MR) is 192 cm³/mol. The Bertz CT molecular complexity index is 1810. The number of nitrogens with zero attached hydrogens (tertiary/aromatic N) is 2. The quantitative estimate of drug-likeness (QED) is 0.0948. The number of aryl methyl sites for hydroxylation is 1. The van der Waals surface area contributed by atoms with Crippen molar-refractivity contribution in [2.45, 2.75) is 69.7 Å². The Hall–Kier alpha value is -4.34. The first kappa shape index (κ1) is 37.9. The second-order valence-electron chi connectivity index (χ2n) is 12.1. The van der Waals surface area contributed by atoms with Crippen LogP contribution in [0.25, 0.3) is 0 Å². The molecular weight excluding hydrogens is 673 g/mol. The fourth-order valence-corrected chi connectivity index (χ4v) is 7.26. The Morgan fingerprint density at radius 1 is 0.961 bits per heavy atom. The number of benzene rings is 3. The van der Waals surface area contributed by atoms with Crippen LogP contribution < -0.4 is 20.7 Å². The molecule has 13 heteroatoms. The van der Waals surface area contributed by atoms with Gasteiger partial charge in [-0.1, -0.05) is 67.9 Å². The molecule has 4 aromatic rings. The van der Waals surface area contributed by atoms with Crippen molar-refractivity contribution < 1.29 is 32.5 Å². The fraction of sp³-hybridized carbons (Fsp3) is 0.395. The first-order valence-electron chi connectivity index (χ1n) is 16.8. The van der Waals surface area contributed by atoms with Crippen LogP contribution in [0, 0.1) is 18.3 Å². The number of ether oxygens (including phenoxy) is 4. The zero-order valence-electron chi connectivity index (χ0n) is 29.4. The van der Waals surface area contributed by atoms with Crippen LogP contribution in [-0.4, -0.2) is 55.8 Å². The normalized spacial score (nSPS) is 18.5. The number of hydrogen-bond donors (Lipinski definition) is 1. The molecular formula is C38H44N3O9P. The SMILES string of the molecule is CCCC(CC#N)OP(OC)OC1CC(n2cc(C)c(=O)[nH]c2=O)OC1COC(c1ccccc1)(c1ccc(OC)cc1)c1ccc(OC)cc1. The summed E-state index contributed by atoms with van der Waals surface area (Å²) in [6, 6.07) is 27.4. The lowest BCUT2D eigenvalue weighted by atomic mass is 9.80. The summed E-state index contributed by atoms with van der Waals surface area (Å²) in [4.78, 5) is 27.6. The Kier molecular flexibility index (Phi) is 13.2. The summed E-state index contributed by atoms with van der Waals surface area (Å²) in [7, 11) is 2.82. The topological polar surface area (TPSA) is 143 Å². The maximum absolute atomic E-state index is 13.0. The van der Waals surface area contributed by atoms with Gasteiger partial charge in [0.05, 0.1) is 45.5 Å². The molecule has 5 atom stereocenters. The minimum atomic E-state index is -1.91. The van der Waals surface area contributed by atoms with Gasteiger partial charge in [-0.05, 0) is 54.3 Å². The second kappa shape index (κ2) is 17.7. The number of rotatable bonds is 17. The number of hydrogen-bond acceptors (Lipinski definition) is 10. The summed E-state index contributed by atoms with van der Waals surface area (Å²) in [5, 5.41) is 9.38. The standard InChI is InChI=1S/C38H44N3O9P/c1-6-10-32(21-22-39)49-51(46-5)50-33-23-35(41-24-26(2)36(42)40-37(41)43)48-34(33)25-47-38(27-11-8-7-9-12-27,28-13-17-30(44-3)18-14-28)29-15-19-31(45-4)20-16-29/h7-9,11-20,24,32-35H,6,10,21,23,25H2,1-5H3,(H,40,42,43). The third kappa shape index (κ3) is 8.76. The van der Waals surface area contributed by atoms with Crippen molar-refractivity contribution >= 4 is 8.60 Å². The van der Waals surface area contributed by atoms with Crippen LogP contribution >= 0.6 is 8.60 Å². The number of aromatic amines is 1. The minimum Gasteiger partial charge on any atom is -0.497 e. The van der Waals surface area contributed by atoms with Gasteiger partial charge >= 0.3 is 14.3 Å². The summed E-state index contributed by atoms with van der Waals surface area (Å²) in [6.45, 7) is 3.65. The van der Waals surface area contributed by atoms with Crippen molar-refractivity contribution in [1.82, 2.24) is 9.55 Å². The molecule has 1 fully saturated rings. The summed E-state index contributed by atoms with van der Waals surface area (Å²) in [6.07, 6.45) is 0.813. The van der Waals surface area contributed by atoms with E-state index in [1.54, 1.807) is 21.1 Å². The van der Waals surface area contributed by atoms with E-state index in [9.17, 15) is 14.9 Å². The Morgan fingerprint density at radius 2 is 1.57 bits per heavy atom. The maximum atomic E-state index is 13.0. The van der Waals surface area contributed by atoms with E-state index in [4.69, 9.17) is 32.5 Å². The number of H-pyrrole nitrogens is 1. The molecule has 0 spiro atoms. The van der Waals surface area contributed by atoms with E-state index < -0.39 is 43.9 Å². The first-order chi connectivity index (χ1) is 24.8. The molecule has 0 amide bonds. The monoisotopic (exact) mass is 717 g/mol. The van der Waals surface area contributed by atoms with E-state index in [0.717, 1.165) is 23.1 Å². The van der Waals surface area contributed by atoms with Gasteiger partial charge in [-0.25, -0.2) is 4.79 Å². The molecule has 0 saturated carbocycles. The van der Waals surface area contributed by atoms with Crippen molar-refractivity contribution in [3.8, 4) is 17.6 Å². The van der Waals surface area contributed by atoms with Crippen molar-refractivity contribution in [3.63, 3.8) is 0 Å². The highest BCUT2D eigenvalue weighted by Crippen LogP contribution is 2.48. The number of nitriles is 1. The highest BCUT2D eigenvalue weighted by atomic mass is 31.2. The molecule has 1 saturated heterocycles. The van der Waals surface area contributed by atoms with Crippen LogP contribution in [0.4, 0.5) is 0 Å². The highest BCUT2D eigenvalue weighted by Gasteiger charge is 2.44. The van der Waals surface area contributed by atoms with E-state index in [1.807, 2.05) is 85.8 Å². The molecule has 5 unspecified atom stereocenters. The Morgan fingerprint density at radius 3 is 2.12 bits per heavy atom. The fourth-order valence-electron chi connectivity index (χ4n) is 6.17. The Balaban J connectivity index is 1.56. The van der Waals surface area contributed by atoms with Crippen LogP contribution in [0.3, 0.4) is 0 Å². The smallest absolute Gasteiger partial charge is 0.333 e. The van der Waals surface area contributed by atoms with Gasteiger partial charge in [0.1, 0.15) is 29.4 Å². The third-order valence-corrected chi connectivity index (χ3v) is 10.0. The number of aromatic nitrogens is 2. The molecule has 0 aliphatic carbocycles. The van der Waals surface area contributed by atoms with Gasteiger partial charge in [-0.3, -0.25) is 14.3 Å². The lowest BCUT2D eigenvalue weighted by molar-refractivity contribution is -0.0932. The van der Waals surface area contributed by atoms with Crippen molar-refractivity contribution in [2.75, 3.05) is 27.9 Å². The molecule has 1 aliphatic heterocycles. The zero-order valence-corrected chi connectivity index (χ0v) is 30.3. The number of methoxy groups -OCH3 is 2. The van der Waals surface area contributed by atoms with E-state index in [2.05, 4.69) is 11.1 Å². The van der Waals surface area contributed by atoms with E-state index in [-0.39, 0.29) is 25.6 Å². The third-order valence-electron chi connectivity index (χ3n) is 8.81. The van der Waals surface area contributed by atoms with Gasteiger partial charge in [-0.15, -0.1) is 0 Å². The van der Waals surface area contributed by atoms with Gasteiger partial charge < -0.3 is 32.5 Å². The average molecular weight is 718 g/mol. The molecule has 2 heterocycles. The van der Waals surface area contributed by atoms with Gasteiger partial charge in [0, 0.05) is 25.3 Å². The predicted octanol–water partition coefficient (Wildman–Crippen LogP) is 6.52. The molecule has 0 radical (unpaired) electrons. The zero-order chi connectivity index (χ0) is 36.4. The largest absolute Gasteiger partial charge is 0.497 e. The van der Waals surface area contributed by atoms with E-state index in [0.29, 0.717) is 23.5 Å². The van der Waals surface area contributed by atoms with E-state index in [1.165, 1.54) is 17.9 Å². The molecule has 51 heavy (non-hydrogen) atoms. The molecule has 1 N–H and O–H groups in total. The number of nitrogens with one attached hydrogen (secondary N) is 1. The van der Waals surface area contributed by atoms with Crippen molar-refractivity contribution in [1.29, 1.82) is 5.26 Å². The van der Waals surface area contributed by atoms with Crippen LogP contribution in [-0.2, 0) is 28.6 Å². The summed E-state index contributed by atoms with van der Waals surface area (Å²) < 4.78 is 44.3. The van der Waals surface area contributed by atoms with Gasteiger partial charge in [-0.2, -0.15) is 5.26 Å². The lowest BCUT2D eigenvalue weighted by Crippen LogP contribution is -2.38. The molecule has 1 aromatic heterocycles. The lowest BCUT2D eigenvalue weighted by Gasteiger charge is -2.37. The van der Waals surface area contributed by atoms with Crippen LogP contribution in [0.5, 0.6) is 11.5 Å². The maximum Gasteiger partial charge on any atom is 0.333 e. The van der Waals surface area contributed by atoms with Gasteiger partial charge in [0.2, 0.25) is 0 Å². The first-order valence-corrected chi connectivity index (χ1v) is 17.9. The summed E-state index contributed by atoms with van der Waals surface area (Å²) >= 11 is 0. The average Bonchev–Trinajstić information content (AvgIpc) is 3.56. The molecule has 5 rings (SSSR count). The van der Waals surface area contributed by atoms with E-state index >= 15 is 0 Å². The van der Waals surface area contributed by atoms with Crippen LogP contribution in [0.15, 0.2) is 94.6 Å². The van der Waals surface area contributed by atoms with Gasteiger partial charge in [0.25, 0.3) is 5.56 Å². The van der Waals surface area contributed by atoms with Crippen LogP contribution in [0.1, 0.15) is 61.1 Å². The summed E-state index contributed by atoms with van der Waals surface area (Å²) in [5.74, 6) is 1.39. The molecule has 0 bridgehead atoms. The minimum absolute atomic E-state index is 0.00861. The second-order valence-corrected chi connectivity index (χ2v) is 13.3. The molecule has 12 nitrogen and oxygen atoms in total. The molecule has 3 aromatic carbocycles. The van der Waals surface area contributed by atoms with Gasteiger partial charge in [0.15, 0.2) is 0 Å².